The highest BCUT2D eigenvalue weighted by Gasteiger charge is 2.27. The third kappa shape index (κ3) is 2.54. The zero-order valence-corrected chi connectivity index (χ0v) is 9.46. The monoisotopic (exact) mass is 226 g/mol. The molecule has 1 aromatic rings. The quantitative estimate of drug-likeness (QED) is 0.820. The number of aliphatic hydroxyl groups is 1. The van der Waals surface area contributed by atoms with Gasteiger partial charge in [-0.1, -0.05) is 0 Å². The van der Waals surface area contributed by atoms with Crippen LogP contribution in [-0.4, -0.2) is 40.1 Å². The van der Waals surface area contributed by atoms with Crippen LogP contribution in [0.3, 0.4) is 0 Å². The van der Waals surface area contributed by atoms with Crippen LogP contribution in [0.5, 0.6) is 0 Å². The number of carbonyl (C=O) groups is 1. The first-order valence-electron chi connectivity index (χ1n) is 5.02. The minimum Gasteiger partial charge on any atom is -0.391 e. The highest BCUT2D eigenvalue weighted by atomic mass is 32.1. The topological polar surface area (TPSA) is 53.4 Å². The maximum atomic E-state index is 11.4. The summed E-state index contributed by atoms with van der Waals surface area (Å²) >= 11 is 1.62. The van der Waals surface area contributed by atoms with E-state index in [4.69, 9.17) is 0 Å². The van der Waals surface area contributed by atoms with Crippen molar-refractivity contribution in [2.45, 2.75) is 25.9 Å². The Bertz CT molecular complexity index is 364. The summed E-state index contributed by atoms with van der Waals surface area (Å²) in [6.07, 6.45) is 0.587. The Kier molecular flexibility index (Phi) is 3.02. The second-order valence-electron chi connectivity index (χ2n) is 3.83. The molecule has 2 rings (SSSR count). The molecule has 1 aromatic heterocycles. The van der Waals surface area contributed by atoms with E-state index in [0.29, 0.717) is 13.1 Å². The molecule has 1 saturated heterocycles. The SMILES string of the molecule is Cc1csc(CCN2CC(O)CC2=O)n1. The Hall–Kier alpha value is -0.940. The summed E-state index contributed by atoms with van der Waals surface area (Å²) in [6.45, 7) is 3.11. The van der Waals surface area contributed by atoms with Crippen molar-refractivity contribution in [1.29, 1.82) is 0 Å². The van der Waals surface area contributed by atoms with Crippen molar-refractivity contribution in [2.75, 3.05) is 13.1 Å². The summed E-state index contributed by atoms with van der Waals surface area (Å²) in [5.41, 5.74) is 1.03. The van der Waals surface area contributed by atoms with E-state index in [9.17, 15) is 9.90 Å². The van der Waals surface area contributed by atoms with Gasteiger partial charge in [0.25, 0.3) is 0 Å². The van der Waals surface area contributed by atoms with Gasteiger partial charge in [-0.05, 0) is 6.92 Å². The van der Waals surface area contributed by atoms with E-state index in [-0.39, 0.29) is 12.3 Å². The molecule has 1 aliphatic rings. The standard InChI is InChI=1S/C10H14N2O2S/c1-7-6-15-9(11-7)2-3-12-5-8(13)4-10(12)14/h6,8,13H,2-5H2,1H3. The van der Waals surface area contributed by atoms with Crippen LogP contribution in [-0.2, 0) is 11.2 Å². The lowest BCUT2D eigenvalue weighted by atomic mass is 10.3. The van der Waals surface area contributed by atoms with E-state index in [1.165, 1.54) is 0 Å². The van der Waals surface area contributed by atoms with Crippen LogP contribution >= 0.6 is 11.3 Å². The van der Waals surface area contributed by atoms with Crippen molar-refractivity contribution in [3.05, 3.63) is 16.1 Å². The zero-order valence-electron chi connectivity index (χ0n) is 8.64. The summed E-state index contributed by atoms with van der Waals surface area (Å²) < 4.78 is 0. The average molecular weight is 226 g/mol. The van der Waals surface area contributed by atoms with Crippen LogP contribution in [0.25, 0.3) is 0 Å². The van der Waals surface area contributed by atoms with Crippen LogP contribution in [0, 0.1) is 6.92 Å². The molecule has 0 aliphatic carbocycles. The molecule has 0 radical (unpaired) electrons. The van der Waals surface area contributed by atoms with Crippen LogP contribution in [0.4, 0.5) is 0 Å². The first kappa shape index (κ1) is 10.6. The fourth-order valence-electron chi connectivity index (χ4n) is 1.72. The molecular weight excluding hydrogens is 212 g/mol. The van der Waals surface area contributed by atoms with E-state index in [1.54, 1.807) is 16.2 Å². The Morgan fingerprint density at radius 2 is 2.53 bits per heavy atom. The number of rotatable bonds is 3. The van der Waals surface area contributed by atoms with Gasteiger partial charge in [-0.25, -0.2) is 4.98 Å². The highest BCUT2D eigenvalue weighted by molar-refractivity contribution is 7.09. The molecule has 82 valence electrons. The Labute approximate surface area is 92.6 Å². The molecule has 1 amide bonds. The molecule has 15 heavy (non-hydrogen) atoms. The minimum absolute atomic E-state index is 0.0516. The molecule has 0 aromatic carbocycles. The lowest BCUT2D eigenvalue weighted by Gasteiger charge is -2.14. The highest BCUT2D eigenvalue weighted by Crippen LogP contribution is 2.14. The Morgan fingerprint density at radius 1 is 1.73 bits per heavy atom. The molecule has 5 heteroatoms. The molecule has 0 spiro atoms. The van der Waals surface area contributed by atoms with Gasteiger partial charge in [0.05, 0.1) is 17.5 Å². The summed E-state index contributed by atoms with van der Waals surface area (Å²) in [6, 6.07) is 0. The normalized spacial score (nSPS) is 21.3. The van der Waals surface area contributed by atoms with Crippen LogP contribution < -0.4 is 0 Å². The van der Waals surface area contributed by atoms with Crippen molar-refractivity contribution >= 4 is 17.2 Å². The summed E-state index contributed by atoms with van der Waals surface area (Å²) in [5.74, 6) is 0.0516. The van der Waals surface area contributed by atoms with Crippen LogP contribution in [0.2, 0.25) is 0 Å². The number of likely N-dealkylation sites (tertiary alicyclic amines) is 1. The average Bonchev–Trinajstić information content (AvgIpc) is 2.70. The molecular formula is C10H14N2O2S. The summed E-state index contributed by atoms with van der Waals surface area (Å²) in [7, 11) is 0. The lowest BCUT2D eigenvalue weighted by Crippen LogP contribution is -2.28. The number of β-amino-alcohol motifs (C(OH)–C–C–N with tert-alkyl or cyclic N) is 1. The van der Waals surface area contributed by atoms with E-state index < -0.39 is 6.10 Å². The van der Waals surface area contributed by atoms with Gasteiger partial charge in [-0.3, -0.25) is 4.79 Å². The molecule has 2 heterocycles. The molecule has 0 bridgehead atoms. The van der Waals surface area contributed by atoms with Crippen molar-refractivity contribution in [1.82, 2.24) is 9.88 Å². The predicted molar refractivity (Wildman–Crippen MR) is 57.8 cm³/mol. The van der Waals surface area contributed by atoms with Gasteiger partial charge in [-0.15, -0.1) is 11.3 Å². The van der Waals surface area contributed by atoms with E-state index in [1.807, 2.05) is 12.3 Å². The largest absolute Gasteiger partial charge is 0.391 e. The molecule has 0 saturated carbocycles. The van der Waals surface area contributed by atoms with Crippen molar-refractivity contribution in [3.8, 4) is 0 Å². The number of carbonyl (C=O) groups excluding carboxylic acids is 1. The van der Waals surface area contributed by atoms with Gasteiger partial charge in [-0.2, -0.15) is 0 Å². The number of aryl methyl sites for hydroxylation is 1. The fourth-order valence-corrected chi connectivity index (χ4v) is 2.48. The third-order valence-electron chi connectivity index (χ3n) is 2.46. The van der Waals surface area contributed by atoms with Crippen molar-refractivity contribution < 1.29 is 9.90 Å². The number of aromatic nitrogens is 1. The number of hydrogen-bond acceptors (Lipinski definition) is 4. The van der Waals surface area contributed by atoms with Gasteiger partial charge in [0.2, 0.25) is 5.91 Å². The molecule has 4 nitrogen and oxygen atoms in total. The maximum absolute atomic E-state index is 11.4. The molecule has 1 fully saturated rings. The Morgan fingerprint density at radius 3 is 3.07 bits per heavy atom. The van der Waals surface area contributed by atoms with Gasteiger partial charge < -0.3 is 10.0 Å². The summed E-state index contributed by atoms with van der Waals surface area (Å²) in [4.78, 5) is 17.4. The summed E-state index contributed by atoms with van der Waals surface area (Å²) in [5, 5.41) is 12.4. The van der Waals surface area contributed by atoms with Crippen molar-refractivity contribution in [2.24, 2.45) is 0 Å². The maximum Gasteiger partial charge on any atom is 0.225 e. The van der Waals surface area contributed by atoms with Gasteiger partial charge in [0, 0.05) is 30.6 Å². The van der Waals surface area contributed by atoms with Crippen LogP contribution in [0.1, 0.15) is 17.1 Å². The Balaban J connectivity index is 1.86. The molecule has 1 unspecified atom stereocenters. The number of amides is 1. The van der Waals surface area contributed by atoms with Crippen molar-refractivity contribution in [3.63, 3.8) is 0 Å². The fraction of sp³-hybridized carbons (Fsp3) is 0.600. The van der Waals surface area contributed by atoms with Gasteiger partial charge >= 0.3 is 0 Å². The van der Waals surface area contributed by atoms with E-state index in [2.05, 4.69) is 4.98 Å². The van der Waals surface area contributed by atoms with E-state index in [0.717, 1.165) is 17.1 Å². The zero-order chi connectivity index (χ0) is 10.8. The second kappa shape index (κ2) is 4.28. The smallest absolute Gasteiger partial charge is 0.225 e. The number of hydrogen-bond donors (Lipinski definition) is 1. The number of aliphatic hydroxyl groups excluding tert-OH is 1. The molecule has 1 aliphatic heterocycles. The lowest BCUT2D eigenvalue weighted by molar-refractivity contribution is -0.127. The first-order valence-corrected chi connectivity index (χ1v) is 5.90. The number of thiazole rings is 1. The van der Waals surface area contributed by atoms with Gasteiger partial charge in [0.15, 0.2) is 0 Å². The minimum atomic E-state index is -0.476. The predicted octanol–water partition coefficient (Wildman–Crippen LogP) is 0.587. The van der Waals surface area contributed by atoms with Crippen LogP contribution in [0.15, 0.2) is 5.38 Å². The first-order chi connectivity index (χ1) is 7.15. The second-order valence-corrected chi connectivity index (χ2v) is 4.77. The third-order valence-corrected chi connectivity index (χ3v) is 3.48. The number of nitrogens with zero attached hydrogens (tertiary/aromatic N) is 2. The molecule has 1 atom stereocenters. The molecule has 1 N–H and O–H groups in total. The van der Waals surface area contributed by atoms with Gasteiger partial charge in [0.1, 0.15) is 0 Å². The van der Waals surface area contributed by atoms with E-state index >= 15 is 0 Å².